The Balaban J connectivity index is 1.47. The van der Waals surface area contributed by atoms with Crippen molar-refractivity contribution < 1.29 is 72.7 Å². The summed E-state index contributed by atoms with van der Waals surface area (Å²) in [5.41, 5.74) is 6.15. The molecule has 3 amide bonds. The number of aromatic nitrogens is 4. The zero-order chi connectivity index (χ0) is 39.3. The quantitative estimate of drug-likeness (QED) is 0.0353. The number of aliphatic carboxylic acids is 5. The van der Waals surface area contributed by atoms with Crippen LogP contribution in [0.25, 0.3) is 0 Å². The van der Waals surface area contributed by atoms with Crippen LogP contribution in [0.3, 0.4) is 0 Å². The lowest BCUT2D eigenvalue weighted by molar-refractivity contribution is -0.989. The first-order valence-corrected chi connectivity index (χ1v) is 17.2. The van der Waals surface area contributed by atoms with E-state index in [2.05, 4.69) is 16.0 Å². The number of nitrogens with one attached hydrogen (secondary N) is 3. The summed E-state index contributed by atoms with van der Waals surface area (Å²) in [5, 5.41) is 53.3. The number of hydrogen-bond donors (Lipinski definition) is 9. The number of nitrogens with two attached hydrogens (primary N) is 1. The van der Waals surface area contributed by atoms with E-state index >= 15 is 0 Å². The smallest absolute Gasteiger partial charge is 0.346 e. The lowest BCUT2D eigenvalue weighted by Crippen LogP contribution is -2.61. The van der Waals surface area contributed by atoms with Crippen molar-refractivity contribution in [1.82, 2.24) is 25.1 Å². The number of carboxylic acid groups (broad SMARTS) is 5. The fraction of sp³-hybridized carbons (Fsp3) is 0.594. The van der Waals surface area contributed by atoms with E-state index < -0.39 is 60.4 Å². The monoisotopic (exact) mass is 752 g/mol. The Morgan fingerprint density at radius 3 is 1.75 bits per heavy atom. The highest BCUT2D eigenvalue weighted by Crippen LogP contribution is 2.19. The standard InChI is InChI=1S/C32H47N9O12/c1-41(18-24-37(16-27(44)45)11-13-39(24)20-40-14-12-38(17-28(46)47)25(40)19-41)15-5-3-6-21(33)29(48)34-10-4-2-7-22(30(49)50)35-32(53)36-23(31(51)52)8-9-26(42)43/h11-14,21-23H,2-10,15-20,33H2,1H3,(H5-3,34,35,36,42,43,44,45,46,47,48,49,50,51,52,53)/p+3. The average Bonchev–Trinajstić information content (AvgIpc) is 3.59. The molecule has 3 unspecified atom stereocenters. The molecule has 10 N–H and O–H groups in total. The second kappa shape index (κ2) is 19.3. The Morgan fingerprint density at radius 2 is 1.26 bits per heavy atom. The topological polar surface area (TPSA) is 300 Å². The molecule has 3 atom stereocenters. The zero-order valence-corrected chi connectivity index (χ0v) is 29.6. The van der Waals surface area contributed by atoms with E-state index in [9.17, 15) is 54.0 Å². The van der Waals surface area contributed by atoms with Crippen molar-refractivity contribution in [2.45, 2.75) is 102 Å². The van der Waals surface area contributed by atoms with Gasteiger partial charge in [0.1, 0.15) is 36.9 Å². The van der Waals surface area contributed by atoms with Crippen LogP contribution in [0.1, 0.15) is 63.0 Å². The van der Waals surface area contributed by atoms with Gasteiger partial charge in [-0.25, -0.2) is 33.1 Å². The van der Waals surface area contributed by atoms with Gasteiger partial charge in [-0.3, -0.25) is 9.59 Å². The molecule has 1 aliphatic heterocycles. The molecule has 21 heteroatoms. The van der Waals surface area contributed by atoms with Crippen LogP contribution in [0.4, 0.5) is 4.79 Å². The summed E-state index contributed by atoms with van der Waals surface area (Å²) in [6.45, 7) is 1.76. The summed E-state index contributed by atoms with van der Waals surface area (Å²) in [5.74, 6) is -4.77. The summed E-state index contributed by atoms with van der Waals surface area (Å²) < 4.78 is 7.72. The molecule has 0 saturated carbocycles. The number of carbonyl (C=O) groups excluding carboxylic acids is 2. The van der Waals surface area contributed by atoms with Crippen LogP contribution in [0.2, 0.25) is 0 Å². The first-order chi connectivity index (χ1) is 25.0. The number of imidazole rings is 2. The van der Waals surface area contributed by atoms with Crippen molar-refractivity contribution in [3.05, 3.63) is 36.4 Å². The maximum absolute atomic E-state index is 12.7. The molecule has 0 aromatic carbocycles. The van der Waals surface area contributed by atoms with Crippen molar-refractivity contribution in [1.29, 1.82) is 0 Å². The van der Waals surface area contributed by atoms with Crippen molar-refractivity contribution >= 4 is 41.8 Å². The van der Waals surface area contributed by atoms with Crippen LogP contribution < -0.4 is 30.8 Å². The number of urea groups is 1. The van der Waals surface area contributed by atoms with Gasteiger partial charge in [0.05, 0.1) is 19.6 Å². The average molecular weight is 753 g/mol. The van der Waals surface area contributed by atoms with E-state index in [0.717, 1.165) is 11.6 Å². The van der Waals surface area contributed by atoms with Gasteiger partial charge in [-0.15, -0.1) is 0 Å². The Labute approximate surface area is 304 Å². The molecule has 2 aromatic heterocycles. The molecule has 1 aliphatic rings. The Kier molecular flexibility index (Phi) is 15.3. The minimum Gasteiger partial charge on any atom is -0.481 e. The predicted octanol–water partition coefficient (Wildman–Crippen LogP) is -2.15. The number of rotatable bonds is 22. The van der Waals surface area contributed by atoms with E-state index in [1.54, 1.807) is 21.5 Å². The largest absolute Gasteiger partial charge is 0.481 e. The third-order valence-corrected chi connectivity index (χ3v) is 9.01. The number of carbonyl (C=O) groups is 7. The summed E-state index contributed by atoms with van der Waals surface area (Å²) in [6, 6.07) is -4.74. The van der Waals surface area contributed by atoms with Crippen LogP contribution in [0.15, 0.2) is 24.8 Å². The molecule has 0 aliphatic carbocycles. The second-order valence-corrected chi connectivity index (χ2v) is 13.4. The minimum atomic E-state index is -1.51. The molecule has 0 bridgehead atoms. The van der Waals surface area contributed by atoms with Crippen molar-refractivity contribution in [2.75, 3.05) is 20.1 Å². The number of unbranched alkanes of at least 4 members (excludes halogenated alkanes) is 2. The van der Waals surface area contributed by atoms with Crippen molar-refractivity contribution in [2.24, 2.45) is 5.73 Å². The molecule has 2 aromatic rings. The molecule has 0 spiro atoms. The van der Waals surface area contributed by atoms with Gasteiger partial charge in [-0.1, -0.05) is 0 Å². The highest BCUT2D eigenvalue weighted by Gasteiger charge is 2.39. The molecule has 0 fully saturated rings. The van der Waals surface area contributed by atoms with Gasteiger partial charge in [-0.2, -0.15) is 9.13 Å². The van der Waals surface area contributed by atoms with Crippen molar-refractivity contribution in [3.63, 3.8) is 0 Å². The molecular weight excluding hydrogens is 702 g/mol. The van der Waals surface area contributed by atoms with Gasteiger partial charge in [-0.05, 0) is 44.9 Å². The Bertz CT molecular complexity index is 1590. The SMILES string of the molecule is C[N+]1(CCCCC(N)C(=O)NCCCCC(NC(=O)NC(CCC(=O)O)C(=O)O)C(=O)O)Cc2n(CC(=O)O)cc[n+]2C[n+]2ccn(CC(=O)O)c2C1. The van der Waals surface area contributed by atoms with Crippen LogP contribution in [-0.2, 0) is 61.6 Å². The number of fused-ring (bicyclic) bond motifs is 2. The number of quaternary nitrogens is 1. The summed E-state index contributed by atoms with van der Waals surface area (Å²) in [4.78, 5) is 81.6. The number of amides is 3. The third-order valence-electron chi connectivity index (χ3n) is 9.01. The molecule has 0 radical (unpaired) electrons. The predicted molar refractivity (Wildman–Crippen MR) is 178 cm³/mol. The molecule has 292 valence electrons. The molecular formula is C32H50N9O12+3. The van der Waals surface area contributed by atoms with Gasteiger partial charge in [0.15, 0.2) is 26.2 Å². The first-order valence-electron chi connectivity index (χ1n) is 17.2. The van der Waals surface area contributed by atoms with Gasteiger partial charge < -0.3 is 51.7 Å². The Morgan fingerprint density at radius 1 is 0.755 bits per heavy atom. The van der Waals surface area contributed by atoms with Crippen LogP contribution in [-0.4, -0.2) is 119 Å². The lowest BCUT2D eigenvalue weighted by Gasteiger charge is -2.33. The summed E-state index contributed by atoms with van der Waals surface area (Å²) in [7, 11) is 2.02. The molecule has 53 heavy (non-hydrogen) atoms. The maximum atomic E-state index is 12.7. The van der Waals surface area contributed by atoms with E-state index in [1.807, 2.05) is 28.6 Å². The normalized spacial score (nSPS) is 15.0. The number of carboxylic acids is 5. The highest BCUT2D eigenvalue weighted by atomic mass is 16.4. The fourth-order valence-corrected chi connectivity index (χ4v) is 6.20. The fourth-order valence-electron chi connectivity index (χ4n) is 6.20. The van der Waals surface area contributed by atoms with E-state index in [4.69, 9.17) is 10.8 Å². The van der Waals surface area contributed by atoms with Crippen LogP contribution >= 0.6 is 0 Å². The number of nitrogens with zero attached hydrogens (tertiary/aromatic N) is 5. The second-order valence-electron chi connectivity index (χ2n) is 13.4. The van der Waals surface area contributed by atoms with Gasteiger partial charge in [0.25, 0.3) is 0 Å². The van der Waals surface area contributed by atoms with Gasteiger partial charge >= 0.3 is 47.5 Å². The van der Waals surface area contributed by atoms with E-state index in [1.165, 1.54) is 0 Å². The maximum Gasteiger partial charge on any atom is 0.346 e. The van der Waals surface area contributed by atoms with Gasteiger partial charge in [0, 0.05) is 13.0 Å². The van der Waals surface area contributed by atoms with Crippen LogP contribution in [0.5, 0.6) is 0 Å². The van der Waals surface area contributed by atoms with Gasteiger partial charge in [0.2, 0.25) is 12.6 Å². The molecule has 0 saturated heterocycles. The first kappa shape index (κ1) is 41.8. The molecule has 21 nitrogen and oxygen atoms in total. The Hall–Kier alpha value is -5.57. The summed E-state index contributed by atoms with van der Waals surface area (Å²) >= 11 is 0. The summed E-state index contributed by atoms with van der Waals surface area (Å²) in [6.07, 6.45) is 8.45. The minimum absolute atomic E-state index is 0.0172. The lowest BCUT2D eigenvalue weighted by atomic mass is 10.1. The number of hydrogen-bond acceptors (Lipinski definition) is 8. The van der Waals surface area contributed by atoms with E-state index in [0.29, 0.717) is 56.5 Å². The molecule has 3 rings (SSSR count). The third kappa shape index (κ3) is 13.2. The van der Waals surface area contributed by atoms with Crippen LogP contribution in [0, 0.1) is 0 Å². The highest BCUT2D eigenvalue weighted by molar-refractivity contribution is 5.86. The van der Waals surface area contributed by atoms with Crippen molar-refractivity contribution in [3.8, 4) is 0 Å². The van der Waals surface area contributed by atoms with E-state index in [-0.39, 0.29) is 44.8 Å². The molecule has 3 heterocycles. The zero-order valence-electron chi connectivity index (χ0n) is 29.6.